The van der Waals surface area contributed by atoms with Crippen molar-refractivity contribution in [2.45, 2.75) is 42.6 Å². The zero-order chi connectivity index (χ0) is 12.9. The van der Waals surface area contributed by atoms with Crippen molar-refractivity contribution in [1.82, 2.24) is 5.32 Å². The van der Waals surface area contributed by atoms with E-state index in [0.29, 0.717) is 0 Å². The van der Waals surface area contributed by atoms with Gasteiger partial charge >= 0.3 is 110 Å². The van der Waals surface area contributed by atoms with E-state index in [4.69, 9.17) is 0 Å². The Kier molecular flexibility index (Phi) is 2.81. The molecule has 1 unspecified atom stereocenters. The summed E-state index contributed by atoms with van der Waals surface area (Å²) in [5.74, 6) is -0.265. The molecule has 0 spiro atoms. The molecule has 0 bridgehead atoms. The third-order valence-electron chi connectivity index (χ3n) is 4.28. The number of nitrogens with one attached hydrogen (secondary N) is 1. The molecule has 0 aromatic rings. The molecule has 1 fully saturated rings. The number of β-lactam (4-membered cyclic amide) rings is 1. The second kappa shape index (κ2) is 4.12. The summed E-state index contributed by atoms with van der Waals surface area (Å²) in [4.78, 5) is 13.7. The Morgan fingerprint density at radius 3 is 2.94 bits per heavy atom. The fraction of sp³-hybridized carbons (Fsp3) is 0.615. The molecule has 1 aliphatic carbocycles. The maximum absolute atomic E-state index is 12.3. The van der Waals surface area contributed by atoms with Crippen LogP contribution in [0.2, 0.25) is 4.31 Å². The Hall–Kier alpha value is -0.771. The van der Waals surface area contributed by atoms with Crippen molar-refractivity contribution >= 4 is 19.7 Å². The zero-order valence-corrected chi connectivity index (χ0v) is 12.0. The average molecular weight is 314 g/mol. The summed E-state index contributed by atoms with van der Waals surface area (Å²) >= 11 is -2.45. The zero-order valence-electron chi connectivity index (χ0n) is 10.3. The van der Waals surface area contributed by atoms with E-state index in [1.54, 1.807) is 4.97 Å². The summed E-state index contributed by atoms with van der Waals surface area (Å²) in [7, 11) is 0. The molecular weight excluding hydrogens is 297 g/mol. The molecule has 0 radical (unpaired) electrons. The van der Waals surface area contributed by atoms with Crippen molar-refractivity contribution in [3.8, 4) is 0 Å². The summed E-state index contributed by atoms with van der Waals surface area (Å²) < 4.78 is 11.3. The van der Waals surface area contributed by atoms with Crippen LogP contribution in [-0.2, 0) is 8.63 Å². The Morgan fingerprint density at radius 1 is 1.61 bits per heavy atom. The number of carbonyl (C=O) groups excluding carboxylic acids is 1. The van der Waals surface area contributed by atoms with Crippen LogP contribution >= 0.6 is 0 Å². The van der Waals surface area contributed by atoms with Gasteiger partial charge in [-0.25, -0.2) is 0 Å². The molecular formula is C13H17NO3Se. The molecule has 4 nitrogen and oxygen atoms in total. The standard InChI is InChI=1S/C13H17NO3Se/c1-8-7-18(17)13(10(8)14-12(13)16)11(15)9-5-3-2-4-6-9/h3,5,7,9-11,15H,2,4,6H2,1H3,(H,14,16)/t9-,10+,11+,13+,18?/m1/s1. The summed E-state index contributed by atoms with van der Waals surface area (Å²) in [6, 6.07) is -0.210. The second-order valence-electron chi connectivity index (χ2n) is 5.33. The van der Waals surface area contributed by atoms with Gasteiger partial charge in [-0.3, -0.25) is 0 Å². The van der Waals surface area contributed by atoms with Crippen molar-refractivity contribution < 1.29 is 13.7 Å². The van der Waals surface area contributed by atoms with Crippen molar-refractivity contribution in [2.75, 3.05) is 0 Å². The van der Waals surface area contributed by atoms with Crippen LogP contribution in [0.1, 0.15) is 26.2 Å². The number of carbonyl (C=O) groups is 1. The Bertz CT molecular complexity index is 485. The molecule has 5 heteroatoms. The fourth-order valence-corrected chi connectivity index (χ4v) is 7.02. The van der Waals surface area contributed by atoms with E-state index in [1.165, 1.54) is 0 Å². The van der Waals surface area contributed by atoms with Crippen LogP contribution in [0.25, 0.3) is 0 Å². The van der Waals surface area contributed by atoms with Crippen LogP contribution in [0.15, 0.2) is 22.7 Å². The van der Waals surface area contributed by atoms with Gasteiger partial charge in [-0.2, -0.15) is 0 Å². The van der Waals surface area contributed by atoms with E-state index in [1.807, 2.05) is 13.0 Å². The molecule has 2 aliphatic heterocycles. The molecule has 1 amide bonds. The summed E-state index contributed by atoms with van der Waals surface area (Å²) in [6.45, 7) is 1.88. The van der Waals surface area contributed by atoms with Gasteiger partial charge in [0.1, 0.15) is 0 Å². The van der Waals surface area contributed by atoms with Crippen LogP contribution in [0, 0.1) is 5.92 Å². The van der Waals surface area contributed by atoms with Crippen molar-refractivity contribution in [1.29, 1.82) is 0 Å². The Morgan fingerprint density at radius 2 is 2.39 bits per heavy atom. The van der Waals surface area contributed by atoms with E-state index in [-0.39, 0.29) is 17.9 Å². The molecule has 5 atom stereocenters. The van der Waals surface area contributed by atoms with Crippen LogP contribution in [-0.4, -0.2) is 37.0 Å². The quantitative estimate of drug-likeness (QED) is 0.451. The van der Waals surface area contributed by atoms with Crippen LogP contribution in [0.3, 0.4) is 0 Å². The molecule has 0 saturated carbocycles. The molecule has 0 aromatic carbocycles. The van der Waals surface area contributed by atoms with Gasteiger partial charge < -0.3 is 0 Å². The van der Waals surface area contributed by atoms with Gasteiger partial charge in [0.25, 0.3) is 0 Å². The topological polar surface area (TPSA) is 66.4 Å². The molecule has 3 rings (SSSR count). The molecule has 2 heterocycles. The van der Waals surface area contributed by atoms with Gasteiger partial charge in [-0.15, -0.1) is 0 Å². The number of hydrogen-bond acceptors (Lipinski definition) is 3. The first-order chi connectivity index (χ1) is 8.58. The third-order valence-corrected chi connectivity index (χ3v) is 8.29. The van der Waals surface area contributed by atoms with Gasteiger partial charge in [-0.1, -0.05) is 0 Å². The summed E-state index contributed by atoms with van der Waals surface area (Å²) in [6.07, 6.45) is 6.14. The molecule has 2 N–H and O–H groups in total. The monoisotopic (exact) mass is 315 g/mol. The number of rotatable bonds is 2. The first-order valence-corrected chi connectivity index (χ1v) is 8.87. The molecule has 3 aliphatic rings. The molecule has 1 saturated heterocycles. The molecule has 18 heavy (non-hydrogen) atoms. The normalized spacial score (nSPS) is 43.8. The van der Waals surface area contributed by atoms with Crippen LogP contribution < -0.4 is 5.32 Å². The SMILES string of the molecule is CC1=C[Se](=O)[C@@]2([C@@H](O)[C@@H]3C=CCCC3)C(=O)N[C@@H]12. The summed E-state index contributed by atoms with van der Waals surface area (Å²) in [5, 5.41) is 13.4. The average Bonchev–Trinajstić information content (AvgIpc) is 2.56. The van der Waals surface area contributed by atoms with Crippen LogP contribution in [0.4, 0.5) is 0 Å². The second-order valence-corrected chi connectivity index (χ2v) is 8.49. The number of aliphatic hydroxyl groups is 1. The van der Waals surface area contributed by atoms with E-state index in [0.717, 1.165) is 24.8 Å². The molecule has 0 aromatic heterocycles. The fourth-order valence-electron chi connectivity index (χ4n) is 3.24. The number of fused-ring (bicyclic) bond motifs is 1. The van der Waals surface area contributed by atoms with E-state index in [9.17, 15) is 13.7 Å². The number of aliphatic hydroxyl groups excluding tert-OH is 1. The minimum absolute atomic E-state index is 0.0354. The Balaban J connectivity index is 1.94. The first kappa shape index (κ1) is 12.3. The van der Waals surface area contributed by atoms with E-state index >= 15 is 0 Å². The number of allylic oxidation sites excluding steroid dienone is 1. The van der Waals surface area contributed by atoms with Gasteiger partial charge in [-0.05, 0) is 0 Å². The van der Waals surface area contributed by atoms with Gasteiger partial charge in [0, 0.05) is 0 Å². The van der Waals surface area contributed by atoms with Crippen molar-refractivity contribution in [3.05, 3.63) is 22.7 Å². The van der Waals surface area contributed by atoms with Crippen LogP contribution in [0.5, 0.6) is 0 Å². The van der Waals surface area contributed by atoms with Gasteiger partial charge in [0.05, 0.1) is 0 Å². The predicted molar refractivity (Wildman–Crippen MR) is 67.3 cm³/mol. The van der Waals surface area contributed by atoms with E-state index < -0.39 is 24.3 Å². The number of amides is 1. The number of hydrogen-bond donors (Lipinski definition) is 2. The predicted octanol–water partition coefficient (Wildman–Crippen LogP) is 0.863. The van der Waals surface area contributed by atoms with E-state index in [2.05, 4.69) is 11.4 Å². The Labute approximate surface area is 110 Å². The van der Waals surface area contributed by atoms with Gasteiger partial charge in [0.2, 0.25) is 0 Å². The minimum atomic E-state index is -2.45. The summed E-state index contributed by atoms with van der Waals surface area (Å²) in [5.41, 5.74) is 0.938. The molecule has 98 valence electrons. The maximum atomic E-state index is 12.3. The van der Waals surface area contributed by atoms with Crippen molar-refractivity contribution in [2.24, 2.45) is 5.92 Å². The van der Waals surface area contributed by atoms with Crippen molar-refractivity contribution in [3.63, 3.8) is 0 Å². The third kappa shape index (κ3) is 1.38. The van der Waals surface area contributed by atoms with Gasteiger partial charge in [0.15, 0.2) is 0 Å². The first-order valence-electron chi connectivity index (χ1n) is 6.33.